The van der Waals surface area contributed by atoms with Gasteiger partial charge in [0, 0.05) is 21.1 Å². The van der Waals surface area contributed by atoms with E-state index in [2.05, 4.69) is 32.6 Å². The van der Waals surface area contributed by atoms with Gasteiger partial charge in [-0.2, -0.15) is 0 Å². The Bertz CT molecular complexity index is 1110. The summed E-state index contributed by atoms with van der Waals surface area (Å²) < 4.78 is 6.12. The molecule has 0 unspecified atom stereocenters. The molecular formula is C20H16IN3O3S. The highest BCUT2D eigenvalue weighted by Crippen LogP contribution is 2.35. The number of hydrogen-bond donors (Lipinski definition) is 0. The van der Waals surface area contributed by atoms with Crippen LogP contribution >= 0.6 is 34.4 Å². The van der Waals surface area contributed by atoms with E-state index in [0.717, 1.165) is 25.9 Å². The molecule has 1 atom stereocenters. The van der Waals surface area contributed by atoms with Gasteiger partial charge in [-0.15, -0.1) is 0 Å². The van der Waals surface area contributed by atoms with Crippen molar-refractivity contribution in [3.8, 4) is 5.75 Å². The van der Waals surface area contributed by atoms with Gasteiger partial charge in [0.1, 0.15) is 11.0 Å². The molecule has 0 bridgehead atoms. The fourth-order valence-corrected chi connectivity index (χ4v) is 4.78. The maximum absolute atomic E-state index is 12.9. The third-order valence-electron chi connectivity index (χ3n) is 4.52. The summed E-state index contributed by atoms with van der Waals surface area (Å²) in [4.78, 5) is 35.8. The zero-order valence-corrected chi connectivity index (χ0v) is 18.2. The summed E-state index contributed by atoms with van der Waals surface area (Å²) in [6.45, 7) is 1.90. The number of halogens is 1. The van der Waals surface area contributed by atoms with Gasteiger partial charge in [0.25, 0.3) is 0 Å². The van der Waals surface area contributed by atoms with Crippen molar-refractivity contribution in [3.05, 3.63) is 51.7 Å². The molecule has 2 heterocycles. The van der Waals surface area contributed by atoms with Crippen molar-refractivity contribution in [2.75, 3.05) is 12.0 Å². The van der Waals surface area contributed by atoms with Crippen LogP contribution in [0.3, 0.4) is 0 Å². The molecule has 1 fully saturated rings. The highest BCUT2D eigenvalue weighted by molar-refractivity contribution is 14.1. The lowest BCUT2D eigenvalue weighted by atomic mass is 10.2. The fourth-order valence-electron chi connectivity index (χ4n) is 3.12. The minimum absolute atomic E-state index is 0.136. The average Bonchev–Trinajstić information content (AvgIpc) is 2.95. The van der Waals surface area contributed by atoms with E-state index in [-0.39, 0.29) is 18.2 Å². The number of aryl methyl sites for hydroxylation is 1. The maximum Gasteiger partial charge on any atom is 0.247 e. The number of carbonyl (C=O) groups is 2. The molecule has 6 nitrogen and oxygen atoms in total. The van der Waals surface area contributed by atoms with Crippen molar-refractivity contribution < 1.29 is 14.3 Å². The number of ether oxygens (including phenoxy) is 1. The zero-order valence-electron chi connectivity index (χ0n) is 15.2. The largest absolute Gasteiger partial charge is 0.497 e. The summed E-state index contributed by atoms with van der Waals surface area (Å²) in [5.41, 5.74) is 2.21. The molecule has 0 aliphatic carbocycles. The minimum atomic E-state index is -0.529. The molecule has 1 aliphatic rings. The highest BCUT2D eigenvalue weighted by Gasteiger charge is 2.41. The first kappa shape index (κ1) is 19.1. The van der Waals surface area contributed by atoms with Gasteiger partial charge in [0.05, 0.1) is 18.3 Å². The number of fused-ring (bicyclic) bond motifs is 1. The Balaban J connectivity index is 1.62. The summed E-state index contributed by atoms with van der Waals surface area (Å²) in [6, 6.07) is 13.0. The number of thioether (sulfide) groups is 1. The van der Waals surface area contributed by atoms with Gasteiger partial charge < -0.3 is 4.74 Å². The molecule has 2 aromatic carbocycles. The number of amides is 2. The first-order chi connectivity index (χ1) is 13.5. The number of anilines is 1. The molecule has 1 aliphatic heterocycles. The number of rotatable bonds is 4. The number of aromatic nitrogens is 2. The van der Waals surface area contributed by atoms with E-state index in [4.69, 9.17) is 4.74 Å². The van der Waals surface area contributed by atoms with E-state index >= 15 is 0 Å². The summed E-state index contributed by atoms with van der Waals surface area (Å²) in [6.07, 6.45) is 0.136. The Labute approximate surface area is 179 Å². The number of nitrogens with zero attached hydrogens (tertiary/aromatic N) is 3. The molecule has 0 saturated carbocycles. The van der Waals surface area contributed by atoms with Gasteiger partial charge in [-0.25, -0.2) is 14.9 Å². The van der Waals surface area contributed by atoms with Crippen molar-refractivity contribution in [2.45, 2.75) is 23.8 Å². The fraction of sp³-hybridized carbons (Fsp3) is 0.200. The SMILES string of the molecule is COc1ccc2nc(S[C@@H]3CC(=O)N(c4ccccc4I)C3=O)nc(C)c2c1. The topological polar surface area (TPSA) is 72.4 Å². The lowest BCUT2D eigenvalue weighted by Gasteiger charge is -2.16. The maximum atomic E-state index is 12.9. The molecule has 8 heteroatoms. The van der Waals surface area contributed by atoms with E-state index in [1.54, 1.807) is 13.2 Å². The first-order valence-electron chi connectivity index (χ1n) is 8.58. The Morgan fingerprint density at radius 3 is 2.71 bits per heavy atom. The lowest BCUT2D eigenvalue weighted by Crippen LogP contribution is -2.31. The van der Waals surface area contributed by atoms with Crippen molar-refractivity contribution in [2.24, 2.45) is 0 Å². The second-order valence-electron chi connectivity index (χ2n) is 6.30. The van der Waals surface area contributed by atoms with Crippen LogP contribution in [0.1, 0.15) is 12.1 Å². The predicted molar refractivity (Wildman–Crippen MR) is 117 cm³/mol. The van der Waals surface area contributed by atoms with E-state index < -0.39 is 5.25 Å². The molecule has 1 aromatic heterocycles. The number of carbonyl (C=O) groups excluding carboxylic acids is 2. The van der Waals surface area contributed by atoms with Crippen LogP contribution < -0.4 is 9.64 Å². The van der Waals surface area contributed by atoms with Crippen LogP contribution in [-0.4, -0.2) is 34.1 Å². The Morgan fingerprint density at radius 1 is 1.18 bits per heavy atom. The van der Waals surface area contributed by atoms with Crippen LogP contribution in [0.4, 0.5) is 5.69 Å². The molecule has 1 saturated heterocycles. The number of methoxy groups -OCH3 is 1. The molecule has 0 N–H and O–H groups in total. The van der Waals surface area contributed by atoms with E-state index in [1.165, 1.54) is 16.7 Å². The van der Waals surface area contributed by atoms with Crippen molar-refractivity contribution >= 4 is 62.8 Å². The van der Waals surface area contributed by atoms with Crippen LogP contribution in [-0.2, 0) is 9.59 Å². The molecule has 142 valence electrons. The standard InChI is InChI=1S/C20H16IN3O3S/c1-11-13-9-12(27-2)7-8-15(13)23-20(22-11)28-17-10-18(25)24(19(17)26)16-6-4-3-5-14(16)21/h3-9,17H,10H2,1-2H3/t17-/m1/s1. The van der Waals surface area contributed by atoms with Crippen molar-refractivity contribution in [3.63, 3.8) is 0 Å². The molecule has 4 rings (SSSR count). The Kier molecular flexibility index (Phi) is 5.24. The number of hydrogen-bond acceptors (Lipinski definition) is 6. The highest BCUT2D eigenvalue weighted by atomic mass is 127. The van der Waals surface area contributed by atoms with Crippen LogP contribution in [0.2, 0.25) is 0 Å². The summed E-state index contributed by atoms with van der Waals surface area (Å²) in [5.74, 6) is 0.313. The minimum Gasteiger partial charge on any atom is -0.497 e. The van der Waals surface area contributed by atoms with E-state index in [9.17, 15) is 9.59 Å². The van der Waals surface area contributed by atoms with Crippen LogP contribution in [0.15, 0.2) is 47.6 Å². The molecule has 3 aromatic rings. The number of para-hydroxylation sites is 1. The average molecular weight is 505 g/mol. The van der Waals surface area contributed by atoms with Crippen LogP contribution in [0.5, 0.6) is 5.75 Å². The van der Waals surface area contributed by atoms with E-state index in [0.29, 0.717) is 10.8 Å². The lowest BCUT2D eigenvalue weighted by molar-refractivity contribution is -0.121. The monoisotopic (exact) mass is 505 g/mol. The van der Waals surface area contributed by atoms with Gasteiger partial charge in [-0.05, 0) is 59.8 Å². The predicted octanol–water partition coefficient (Wildman–Crippen LogP) is 3.98. The molecule has 0 spiro atoms. The van der Waals surface area contributed by atoms with Crippen LogP contribution in [0.25, 0.3) is 10.9 Å². The van der Waals surface area contributed by atoms with Gasteiger partial charge in [-0.3, -0.25) is 9.59 Å². The first-order valence-corrected chi connectivity index (χ1v) is 10.5. The van der Waals surface area contributed by atoms with Gasteiger partial charge in [-0.1, -0.05) is 23.9 Å². The third kappa shape index (κ3) is 3.46. The van der Waals surface area contributed by atoms with E-state index in [1.807, 2.05) is 43.3 Å². The quantitative estimate of drug-likeness (QED) is 0.304. The second-order valence-corrected chi connectivity index (χ2v) is 8.64. The second kappa shape index (κ2) is 7.67. The normalized spacial score (nSPS) is 16.8. The molecular weight excluding hydrogens is 489 g/mol. The summed E-state index contributed by atoms with van der Waals surface area (Å²) in [5, 5.41) is 0.863. The number of benzene rings is 2. The summed E-state index contributed by atoms with van der Waals surface area (Å²) in [7, 11) is 1.62. The molecule has 28 heavy (non-hydrogen) atoms. The van der Waals surface area contributed by atoms with Gasteiger partial charge in [0.2, 0.25) is 11.8 Å². The number of imide groups is 1. The Morgan fingerprint density at radius 2 is 1.96 bits per heavy atom. The Hall–Kier alpha value is -2.20. The van der Waals surface area contributed by atoms with Crippen molar-refractivity contribution in [1.29, 1.82) is 0 Å². The smallest absolute Gasteiger partial charge is 0.247 e. The van der Waals surface area contributed by atoms with Gasteiger partial charge in [0.15, 0.2) is 5.16 Å². The summed E-state index contributed by atoms with van der Waals surface area (Å²) >= 11 is 3.37. The molecule has 0 radical (unpaired) electrons. The molecule has 2 amide bonds. The zero-order chi connectivity index (χ0) is 19.8. The third-order valence-corrected chi connectivity index (χ3v) is 6.48. The van der Waals surface area contributed by atoms with Gasteiger partial charge >= 0.3 is 0 Å². The van der Waals surface area contributed by atoms with Crippen LogP contribution in [0, 0.1) is 10.5 Å². The van der Waals surface area contributed by atoms with Crippen molar-refractivity contribution in [1.82, 2.24) is 9.97 Å².